The van der Waals surface area contributed by atoms with Crippen LogP contribution in [0.2, 0.25) is 0 Å². The second-order valence-electron chi connectivity index (χ2n) is 9.87. The van der Waals surface area contributed by atoms with Gasteiger partial charge in [0.1, 0.15) is 5.75 Å². The van der Waals surface area contributed by atoms with Crippen LogP contribution >= 0.6 is 0 Å². The predicted octanol–water partition coefficient (Wildman–Crippen LogP) is 7.99. The molecule has 0 N–H and O–H groups in total. The van der Waals surface area contributed by atoms with Crippen molar-refractivity contribution in [1.29, 1.82) is 0 Å². The molecule has 2 aliphatic rings. The van der Waals surface area contributed by atoms with Crippen LogP contribution in [0.4, 0.5) is 13.2 Å². The van der Waals surface area contributed by atoms with Gasteiger partial charge >= 0.3 is 5.97 Å². The van der Waals surface area contributed by atoms with Gasteiger partial charge in [-0.1, -0.05) is 24.6 Å². The Morgan fingerprint density at radius 2 is 1.77 bits per heavy atom. The van der Waals surface area contributed by atoms with Gasteiger partial charge in [0.25, 0.3) is 0 Å². The first kappa shape index (κ1) is 25.3. The molecular weight excluding hydrogens is 453 g/mol. The van der Waals surface area contributed by atoms with Gasteiger partial charge in [0, 0.05) is 6.07 Å². The maximum absolute atomic E-state index is 15.1. The van der Waals surface area contributed by atoms with Crippen LogP contribution in [0, 0.1) is 35.2 Å². The van der Waals surface area contributed by atoms with Crippen LogP contribution in [0.5, 0.6) is 11.5 Å². The van der Waals surface area contributed by atoms with Crippen molar-refractivity contribution < 1.29 is 27.4 Å². The molecule has 0 spiro atoms. The van der Waals surface area contributed by atoms with Crippen LogP contribution in [0.3, 0.4) is 0 Å². The van der Waals surface area contributed by atoms with Gasteiger partial charge in [0.05, 0.1) is 12.7 Å². The summed E-state index contributed by atoms with van der Waals surface area (Å²) >= 11 is 0. The second-order valence-corrected chi connectivity index (χ2v) is 9.87. The number of halogens is 3. The monoisotopic (exact) mass is 486 g/mol. The van der Waals surface area contributed by atoms with Crippen molar-refractivity contribution in [1.82, 2.24) is 0 Å². The molecule has 0 saturated heterocycles. The van der Waals surface area contributed by atoms with Gasteiger partial charge in [-0.25, -0.2) is 18.0 Å². The van der Waals surface area contributed by atoms with E-state index >= 15 is 4.39 Å². The molecule has 2 aromatic carbocycles. The summed E-state index contributed by atoms with van der Waals surface area (Å²) in [5.74, 6) is -2.18. The van der Waals surface area contributed by atoms with Crippen molar-refractivity contribution in [3.05, 3.63) is 71.1 Å². The van der Waals surface area contributed by atoms with Crippen LogP contribution in [-0.4, -0.2) is 13.1 Å². The number of benzene rings is 2. The number of esters is 1. The van der Waals surface area contributed by atoms with Crippen molar-refractivity contribution in [2.24, 2.45) is 17.8 Å². The van der Waals surface area contributed by atoms with E-state index in [0.717, 1.165) is 44.1 Å². The van der Waals surface area contributed by atoms with Crippen molar-refractivity contribution in [2.75, 3.05) is 7.11 Å². The molecule has 4 rings (SSSR count). The van der Waals surface area contributed by atoms with Gasteiger partial charge in [0.2, 0.25) is 0 Å². The van der Waals surface area contributed by atoms with Gasteiger partial charge in [-0.3, -0.25) is 0 Å². The van der Waals surface area contributed by atoms with Gasteiger partial charge < -0.3 is 9.47 Å². The van der Waals surface area contributed by atoms with Crippen molar-refractivity contribution >= 4 is 5.97 Å². The lowest BCUT2D eigenvalue weighted by Gasteiger charge is -2.42. The van der Waals surface area contributed by atoms with E-state index in [0.29, 0.717) is 17.4 Å². The predicted molar refractivity (Wildman–Crippen MR) is 129 cm³/mol. The standard InChI is InChI=1S/C29H33F3O3/c1-3-4-5-6-18-7-8-20-16-21(10-9-19(20)15-18)23-12-13-24(28(32)27(23)31)29(33)35-22-11-14-26(34-2)25(30)17-22/h3-4,11-14,17-21H,5-10,15-16H2,1-2H3/b4-3+. The summed E-state index contributed by atoms with van der Waals surface area (Å²) in [5, 5.41) is 0. The summed E-state index contributed by atoms with van der Waals surface area (Å²) in [6.45, 7) is 2.05. The van der Waals surface area contributed by atoms with E-state index < -0.39 is 29.0 Å². The van der Waals surface area contributed by atoms with Gasteiger partial charge in [0.15, 0.2) is 23.2 Å². The third kappa shape index (κ3) is 5.74. The summed E-state index contributed by atoms with van der Waals surface area (Å²) in [4.78, 5) is 12.5. The first-order chi connectivity index (χ1) is 16.9. The minimum atomic E-state index is -1.21. The molecule has 2 fully saturated rings. The smallest absolute Gasteiger partial charge is 0.346 e. The zero-order chi connectivity index (χ0) is 24.9. The highest BCUT2D eigenvalue weighted by Crippen LogP contribution is 2.49. The Morgan fingerprint density at radius 3 is 2.51 bits per heavy atom. The molecule has 2 aliphatic carbocycles. The Hall–Kier alpha value is -2.76. The van der Waals surface area contributed by atoms with E-state index in [4.69, 9.17) is 9.47 Å². The zero-order valence-corrected chi connectivity index (χ0v) is 20.4. The van der Waals surface area contributed by atoms with E-state index in [1.807, 2.05) is 0 Å². The van der Waals surface area contributed by atoms with Crippen LogP contribution < -0.4 is 9.47 Å². The lowest BCUT2D eigenvalue weighted by atomic mass is 9.63. The third-order valence-corrected chi connectivity index (χ3v) is 7.80. The molecular formula is C29H33F3O3. The molecule has 35 heavy (non-hydrogen) atoms. The number of carbonyl (C=O) groups excluding carboxylic acids is 1. The van der Waals surface area contributed by atoms with Crippen molar-refractivity contribution in [3.8, 4) is 11.5 Å². The number of hydrogen-bond acceptors (Lipinski definition) is 3. The number of allylic oxidation sites excluding steroid dienone is 2. The molecule has 0 aromatic heterocycles. The Kier molecular flexibility index (Phi) is 8.19. The van der Waals surface area contributed by atoms with Crippen molar-refractivity contribution in [2.45, 2.75) is 64.2 Å². The molecule has 188 valence electrons. The second kappa shape index (κ2) is 11.3. The topological polar surface area (TPSA) is 35.5 Å². The number of methoxy groups -OCH3 is 1. The van der Waals surface area contributed by atoms with Crippen LogP contribution in [-0.2, 0) is 0 Å². The van der Waals surface area contributed by atoms with Crippen LogP contribution in [0.1, 0.15) is 80.1 Å². The molecule has 2 aromatic rings. The van der Waals surface area contributed by atoms with E-state index in [9.17, 15) is 13.6 Å². The minimum Gasteiger partial charge on any atom is -0.494 e. The molecule has 4 unspecified atom stereocenters. The molecule has 2 saturated carbocycles. The highest BCUT2D eigenvalue weighted by molar-refractivity contribution is 5.91. The Labute approximate surface area is 205 Å². The van der Waals surface area contributed by atoms with E-state index in [-0.39, 0.29) is 17.4 Å². The average Bonchev–Trinajstić information content (AvgIpc) is 2.85. The third-order valence-electron chi connectivity index (χ3n) is 7.80. The van der Waals surface area contributed by atoms with E-state index in [1.165, 1.54) is 50.6 Å². The number of ether oxygens (including phenoxy) is 2. The summed E-state index contributed by atoms with van der Waals surface area (Å²) in [5.41, 5.74) is -0.166. The van der Waals surface area contributed by atoms with Gasteiger partial charge in [-0.05, 0) is 99.3 Å². The Bertz CT molecular complexity index is 1080. The summed E-state index contributed by atoms with van der Waals surface area (Å²) in [6.07, 6.45) is 13.0. The van der Waals surface area contributed by atoms with Crippen molar-refractivity contribution in [3.63, 3.8) is 0 Å². The zero-order valence-electron chi connectivity index (χ0n) is 20.4. The fourth-order valence-electron chi connectivity index (χ4n) is 5.94. The normalized spacial score (nSPS) is 24.3. The van der Waals surface area contributed by atoms with Gasteiger partial charge in [-0.2, -0.15) is 0 Å². The Balaban J connectivity index is 1.41. The van der Waals surface area contributed by atoms with Crippen LogP contribution in [0.15, 0.2) is 42.5 Å². The number of carbonyl (C=O) groups is 1. The molecule has 0 radical (unpaired) electrons. The Morgan fingerprint density at radius 1 is 1.00 bits per heavy atom. The highest BCUT2D eigenvalue weighted by Gasteiger charge is 2.37. The lowest BCUT2D eigenvalue weighted by molar-refractivity contribution is 0.0727. The number of fused-ring (bicyclic) bond motifs is 1. The minimum absolute atomic E-state index is 0.0109. The molecule has 0 amide bonds. The summed E-state index contributed by atoms with van der Waals surface area (Å²) in [6, 6.07) is 6.38. The maximum atomic E-state index is 15.1. The SMILES string of the molecule is C/C=C/CCC1CCC2CC(c3ccc(C(=O)Oc4ccc(OC)c(F)c4)c(F)c3F)CCC2C1. The average molecular weight is 487 g/mol. The summed E-state index contributed by atoms with van der Waals surface area (Å²) < 4.78 is 53.8. The molecule has 0 bridgehead atoms. The first-order valence-corrected chi connectivity index (χ1v) is 12.6. The number of hydrogen-bond donors (Lipinski definition) is 0. The molecule has 6 heteroatoms. The first-order valence-electron chi connectivity index (χ1n) is 12.6. The molecule has 3 nitrogen and oxygen atoms in total. The van der Waals surface area contributed by atoms with Crippen LogP contribution in [0.25, 0.3) is 0 Å². The quantitative estimate of drug-likeness (QED) is 0.226. The molecule has 0 heterocycles. The molecule has 0 aliphatic heterocycles. The fraction of sp³-hybridized carbons (Fsp3) is 0.483. The van der Waals surface area contributed by atoms with Gasteiger partial charge in [-0.15, -0.1) is 0 Å². The molecule has 4 atom stereocenters. The van der Waals surface area contributed by atoms with E-state index in [1.54, 1.807) is 0 Å². The lowest BCUT2D eigenvalue weighted by Crippen LogP contribution is -2.30. The highest BCUT2D eigenvalue weighted by atomic mass is 19.2. The maximum Gasteiger partial charge on any atom is 0.346 e. The summed E-state index contributed by atoms with van der Waals surface area (Å²) in [7, 11) is 1.31. The van der Waals surface area contributed by atoms with E-state index in [2.05, 4.69) is 19.1 Å². The number of rotatable bonds is 7. The fourth-order valence-corrected chi connectivity index (χ4v) is 5.94. The largest absolute Gasteiger partial charge is 0.494 e.